The van der Waals surface area contributed by atoms with Gasteiger partial charge in [-0.3, -0.25) is 14.4 Å². The third-order valence-electron chi connectivity index (χ3n) is 1.55. The molecule has 0 fully saturated rings. The molecule has 0 heterocycles. The van der Waals surface area contributed by atoms with Crippen molar-refractivity contribution in [3.63, 3.8) is 0 Å². The molecule has 0 aromatic carbocycles. The third kappa shape index (κ3) is 6.78. The number of amides is 3. The molecule has 0 aliphatic rings. The number of hydrogen-bond donors (Lipinski definition) is 4. The zero-order valence-electron chi connectivity index (χ0n) is 8.45. The molecular formula is C8H15N3O3S. The van der Waals surface area contributed by atoms with Crippen LogP contribution in [0.1, 0.15) is 13.3 Å². The second kappa shape index (κ2) is 7.10. The van der Waals surface area contributed by atoms with E-state index < -0.39 is 11.9 Å². The summed E-state index contributed by atoms with van der Waals surface area (Å²) in [5.41, 5.74) is 4.89. The van der Waals surface area contributed by atoms with Crippen molar-refractivity contribution in [2.24, 2.45) is 5.73 Å². The lowest BCUT2D eigenvalue weighted by Crippen LogP contribution is -2.47. The molecule has 7 heteroatoms. The van der Waals surface area contributed by atoms with Crippen LogP contribution in [0.15, 0.2) is 0 Å². The Morgan fingerprint density at radius 1 is 1.40 bits per heavy atom. The van der Waals surface area contributed by atoms with E-state index in [-0.39, 0.29) is 30.5 Å². The zero-order chi connectivity index (χ0) is 11.8. The topological polar surface area (TPSA) is 101 Å². The van der Waals surface area contributed by atoms with Gasteiger partial charge < -0.3 is 16.4 Å². The van der Waals surface area contributed by atoms with Crippen LogP contribution in [-0.4, -0.2) is 36.1 Å². The molecule has 6 nitrogen and oxygen atoms in total. The van der Waals surface area contributed by atoms with Crippen molar-refractivity contribution in [3.8, 4) is 0 Å². The highest BCUT2D eigenvalue weighted by Gasteiger charge is 2.16. The predicted octanol–water partition coefficient (Wildman–Crippen LogP) is -1.59. The number of nitrogens with one attached hydrogen (secondary N) is 2. The van der Waals surface area contributed by atoms with Crippen molar-refractivity contribution in [1.82, 2.24) is 10.6 Å². The second-order valence-corrected chi connectivity index (χ2v) is 3.31. The average molecular weight is 233 g/mol. The number of primary amides is 1. The Morgan fingerprint density at radius 3 is 2.40 bits per heavy atom. The third-order valence-corrected chi connectivity index (χ3v) is 1.91. The maximum Gasteiger partial charge on any atom is 0.243 e. The number of rotatable bonds is 6. The highest BCUT2D eigenvalue weighted by Crippen LogP contribution is 1.89. The Morgan fingerprint density at radius 2 is 2.00 bits per heavy atom. The lowest BCUT2D eigenvalue weighted by molar-refractivity contribution is -0.127. The summed E-state index contributed by atoms with van der Waals surface area (Å²) in [7, 11) is 0. The van der Waals surface area contributed by atoms with E-state index in [1.165, 1.54) is 6.92 Å². The zero-order valence-corrected chi connectivity index (χ0v) is 9.34. The van der Waals surface area contributed by atoms with Crippen LogP contribution in [-0.2, 0) is 14.4 Å². The molecule has 0 saturated carbocycles. The lowest BCUT2D eigenvalue weighted by atomic mass is 10.3. The smallest absolute Gasteiger partial charge is 0.243 e. The van der Waals surface area contributed by atoms with Gasteiger partial charge in [0.1, 0.15) is 6.04 Å². The molecular weight excluding hydrogens is 218 g/mol. The maximum atomic E-state index is 11.4. The summed E-state index contributed by atoms with van der Waals surface area (Å²) in [5, 5.41) is 4.89. The summed E-state index contributed by atoms with van der Waals surface area (Å²) in [6.45, 7) is 1.48. The van der Waals surface area contributed by atoms with E-state index in [0.29, 0.717) is 0 Å². The van der Waals surface area contributed by atoms with Crippen LogP contribution in [0.3, 0.4) is 0 Å². The molecule has 0 radical (unpaired) electrons. The van der Waals surface area contributed by atoms with E-state index in [0.717, 1.165) is 0 Å². The summed E-state index contributed by atoms with van der Waals surface area (Å²) in [4.78, 5) is 32.4. The van der Waals surface area contributed by atoms with Gasteiger partial charge in [0.2, 0.25) is 17.7 Å². The molecule has 4 N–H and O–H groups in total. The van der Waals surface area contributed by atoms with E-state index in [9.17, 15) is 14.4 Å². The summed E-state index contributed by atoms with van der Waals surface area (Å²) in [6, 6.07) is -0.682. The molecule has 3 amide bonds. The van der Waals surface area contributed by atoms with Crippen molar-refractivity contribution >= 4 is 30.4 Å². The number of hydrogen-bond acceptors (Lipinski definition) is 4. The normalized spacial score (nSPS) is 11.6. The summed E-state index contributed by atoms with van der Waals surface area (Å²) in [5.74, 6) is -0.972. The molecule has 0 aliphatic carbocycles. The van der Waals surface area contributed by atoms with Crippen molar-refractivity contribution < 1.29 is 14.4 Å². The minimum Gasteiger partial charge on any atom is -0.370 e. The highest BCUT2D eigenvalue weighted by molar-refractivity contribution is 7.80. The molecule has 1 unspecified atom stereocenters. The second-order valence-electron chi connectivity index (χ2n) is 2.94. The van der Waals surface area contributed by atoms with Crippen LogP contribution in [0.2, 0.25) is 0 Å². The first-order valence-electron chi connectivity index (χ1n) is 4.41. The molecule has 1 atom stereocenters. The first-order chi connectivity index (χ1) is 6.97. The Kier molecular flexibility index (Phi) is 6.52. The Bertz CT molecular complexity index is 258. The Balaban J connectivity index is 3.93. The summed E-state index contributed by atoms with van der Waals surface area (Å²) < 4.78 is 0. The van der Waals surface area contributed by atoms with Gasteiger partial charge >= 0.3 is 0 Å². The standard InChI is InChI=1S/C8H15N3O3S/c1-5(12)11-6(4-15)8(14)10-3-2-7(9)13/h6,15H,2-4H2,1H3,(H2,9,13)(H,10,14)(H,11,12). The number of thiol groups is 1. The van der Waals surface area contributed by atoms with Gasteiger partial charge in [-0.05, 0) is 0 Å². The average Bonchev–Trinajstić information content (AvgIpc) is 2.13. The molecule has 15 heavy (non-hydrogen) atoms. The SMILES string of the molecule is CC(=O)NC(CS)C(=O)NCCC(N)=O. The lowest BCUT2D eigenvalue weighted by Gasteiger charge is -2.14. The van der Waals surface area contributed by atoms with Gasteiger partial charge in [0.25, 0.3) is 0 Å². The first-order valence-corrected chi connectivity index (χ1v) is 5.04. The quantitative estimate of drug-likeness (QED) is 0.416. The molecule has 0 bridgehead atoms. The van der Waals surface area contributed by atoms with E-state index in [2.05, 4.69) is 23.3 Å². The molecule has 0 aromatic heterocycles. The van der Waals surface area contributed by atoms with Crippen molar-refractivity contribution in [2.75, 3.05) is 12.3 Å². The number of nitrogens with two attached hydrogens (primary N) is 1. The van der Waals surface area contributed by atoms with E-state index >= 15 is 0 Å². The van der Waals surface area contributed by atoms with Gasteiger partial charge in [-0.1, -0.05) is 0 Å². The molecule has 0 aromatic rings. The molecule has 0 rings (SSSR count). The maximum absolute atomic E-state index is 11.4. The highest BCUT2D eigenvalue weighted by atomic mass is 32.1. The Labute approximate surface area is 93.4 Å². The van der Waals surface area contributed by atoms with Crippen LogP contribution < -0.4 is 16.4 Å². The fourth-order valence-corrected chi connectivity index (χ4v) is 1.13. The van der Waals surface area contributed by atoms with E-state index in [1.807, 2.05) is 0 Å². The monoisotopic (exact) mass is 233 g/mol. The Hall–Kier alpha value is -1.24. The van der Waals surface area contributed by atoms with Gasteiger partial charge in [0.05, 0.1) is 0 Å². The fourth-order valence-electron chi connectivity index (χ4n) is 0.872. The van der Waals surface area contributed by atoms with E-state index in [4.69, 9.17) is 5.73 Å². The van der Waals surface area contributed by atoms with Crippen molar-refractivity contribution in [3.05, 3.63) is 0 Å². The van der Waals surface area contributed by atoms with Crippen LogP contribution in [0.25, 0.3) is 0 Å². The first kappa shape index (κ1) is 13.8. The molecule has 0 aliphatic heterocycles. The van der Waals surface area contributed by atoms with E-state index in [1.54, 1.807) is 0 Å². The van der Waals surface area contributed by atoms with Crippen LogP contribution in [0.5, 0.6) is 0 Å². The summed E-state index contributed by atoms with van der Waals surface area (Å²) in [6.07, 6.45) is 0.0745. The van der Waals surface area contributed by atoms with Crippen LogP contribution in [0.4, 0.5) is 0 Å². The summed E-state index contributed by atoms with van der Waals surface area (Å²) >= 11 is 3.93. The minimum atomic E-state index is -0.682. The molecule has 86 valence electrons. The van der Waals surface area contributed by atoms with Gasteiger partial charge in [0, 0.05) is 25.6 Å². The van der Waals surface area contributed by atoms with Crippen molar-refractivity contribution in [2.45, 2.75) is 19.4 Å². The van der Waals surface area contributed by atoms with Gasteiger partial charge in [-0.2, -0.15) is 12.6 Å². The number of carbonyl (C=O) groups is 3. The number of carbonyl (C=O) groups excluding carboxylic acids is 3. The largest absolute Gasteiger partial charge is 0.370 e. The molecule has 0 saturated heterocycles. The van der Waals surface area contributed by atoms with Gasteiger partial charge in [-0.15, -0.1) is 0 Å². The van der Waals surface area contributed by atoms with Gasteiger partial charge in [0.15, 0.2) is 0 Å². The minimum absolute atomic E-state index is 0.0745. The van der Waals surface area contributed by atoms with Crippen LogP contribution >= 0.6 is 12.6 Å². The van der Waals surface area contributed by atoms with Gasteiger partial charge in [-0.25, -0.2) is 0 Å². The molecule has 0 spiro atoms. The van der Waals surface area contributed by atoms with Crippen LogP contribution in [0, 0.1) is 0 Å². The fraction of sp³-hybridized carbons (Fsp3) is 0.625. The predicted molar refractivity (Wildman–Crippen MR) is 58.3 cm³/mol. The van der Waals surface area contributed by atoms with Crippen molar-refractivity contribution in [1.29, 1.82) is 0 Å².